The van der Waals surface area contributed by atoms with Gasteiger partial charge in [-0.1, -0.05) is 0 Å². The molecule has 3 heterocycles. The van der Waals surface area contributed by atoms with Crippen LogP contribution in [0.25, 0.3) is 0 Å². The number of hydrogen-bond donors (Lipinski definition) is 1. The highest BCUT2D eigenvalue weighted by Gasteiger charge is 2.25. The van der Waals surface area contributed by atoms with E-state index in [1.807, 2.05) is 16.2 Å². The van der Waals surface area contributed by atoms with Crippen LogP contribution in [0.4, 0.5) is 0 Å². The average molecular weight is 293 g/mol. The Labute approximate surface area is 124 Å². The highest BCUT2D eigenvalue weighted by Crippen LogP contribution is 2.32. The molecule has 0 radical (unpaired) electrons. The Kier molecular flexibility index (Phi) is 4.38. The van der Waals surface area contributed by atoms with Crippen molar-refractivity contribution in [3.05, 3.63) is 21.9 Å². The molecule has 110 valence electrons. The van der Waals surface area contributed by atoms with Crippen molar-refractivity contribution >= 4 is 17.2 Å². The molecule has 1 N–H and O–H groups in total. The average Bonchev–Trinajstić information content (AvgIpc) is 2.96. The fourth-order valence-electron chi connectivity index (χ4n) is 3.18. The molecule has 1 saturated heterocycles. The molecule has 2 aliphatic rings. The van der Waals surface area contributed by atoms with Gasteiger partial charge < -0.3 is 10.2 Å². The summed E-state index contributed by atoms with van der Waals surface area (Å²) in [5.41, 5.74) is 1.47. The van der Waals surface area contributed by atoms with Gasteiger partial charge in [0.25, 0.3) is 0 Å². The lowest BCUT2D eigenvalue weighted by atomic mass is 10.0. The molecule has 1 amide bonds. The van der Waals surface area contributed by atoms with E-state index in [-0.39, 0.29) is 0 Å². The summed E-state index contributed by atoms with van der Waals surface area (Å²) < 4.78 is 0. The molecule has 0 spiro atoms. The summed E-state index contributed by atoms with van der Waals surface area (Å²) in [4.78, 5) is 18.2. The van der Waals surface area contributed by atoms with E-state index in [4.69, 9.17) is 0 Å². The molecule has 3 rings (SSSR count). The third kappa shape index (κ3) is 2.90. The van der Waals surface area contributed by atoms with Crippen molar-refractivity contribution < 1.29 is 4.79 Å². The number of fused-ring (bicyclic) bond motifs is 1. The van der Waals surface area contributed by atoms with Crippen LogP contribution in [-0.4, -0.2) is 55.0 Å². The van der Waals surface area contributed by atoms with Crippen LogP contribution in [-0.2, 0) is 11.2 Å². The zero-order valence-corrected chi connectivity index (χ0v) is 12.9. The highest BCUT2D eigenvalue weighted by molar-refractivity contribution is 7.10. The van der Waals surface area contributed by atoms with Crippen LogP contribution in [0.2, 0.25) is 0 Å². The second-order valence-corrected chi connectivity index (χ2v) is 6.64. The van der Waals surface area contributed by atoms with Gasteiger partial charge in [0, 0.05) is 56.6 Å². The van der Waals surface area contributed by atoms with E-state index in [1.165, 1.54) is 10.4 Å². The van der Waals surface area contributed by atoms with Crippen molar-refractivity contribution in [3.8, 4) is 0 Å². The summed E-state index contributed by atoms with van der Waals surface area (Å²) in [7, 11) is 0. The molecular weight excluding hydrogens is 270 g/mol. The monoisotopic (exact) mass is 293 g/mol. The van der Waals surface area contributed by atoms with E-state index in [0.717, 1.165) is 45.7 Å². The first-order chi connectivity index (χ1) is 9.75. The number of hydrogen-bond acceptors (Lipinski definition) is 4. The van der Waals surface area contributed by atoms with Crippen LogP contribution in [0.5, 0.6) is 0 Å². The first-order valence-corrected chi connectivity index (χ1v) is 8.42. The minimum Gasteiger partial charge on any atom is -0.340 e. The predicted molar refractivity (Wildman–Crippen MR) is 82.1 cm³/mol. The molecule has 0 aliphatic carbocycles. The van der Waals surface area contributed by atoms with Crippen LogP contribution >= 0.6 is 11.3 Å². The van der Waals surface area contributed by atoms with Gasteiger partial charge in [0.1, 0.15) is 0 Å². The molecule has 5 heteroatoms. The van der Waals surface area contributed by atoms with Gasteiger partial charge in [0.15, 0.2) is 0 Å². The first kappa shape index (κ1) is 14.0. The third-order valence-electron chi connectivity index (χ3n) is 4.49. The van der Waals surface area contributed by atoms with Crippen molar-refractivity contribution in [1.29, 1.82) is 0 Å². The van der Waals surface area contributed by atoms with E-state index < -0.39 is 0 Å². The Bertz CT molecular complexity index is 467. The molecular formula is C15H23N3OS. The summed E-state index contributed by atoms with van der Waals surface area (Å²) in [5, 5.41) is 5.48. The van der Waals surface area contributed by atoms with Gasteiger partial charge in [-0.15, -0.1) is 11.3 Å². The number of piperazine rings is 1. The Morgan fingerprint density at radius 2 is 2.20 bits per heavy atom. The maximum absolute atomic E-state index is 12.2. The van der Waals surface area contributed by atoms with E-state index in [9.17, 15) is 4.79 Å². The Balaban J connectivity index is 1.52. The van der Waals surface area contributed by atoms with Gasteiger partial charge in [-0.3, -0.25) is 9.69 Å². The van der Waals surface area contributed by atoms with Crippen LogP contribution in [0.3, 0.4) is 0 Å². The topological polar surface area (TPSA) is 35.6 Å². The van der Waals surface area contributed by atoms with Crippen LogP contribution in [0, 0.1) is 0 Å². The molecule has 1 aromatic rings. The lowest BCUT2D eigenvalue weighted by Crippen LogP contribution is -2.47. The summed E-state index contributed by atoms with van der Waals surface area (Å²) in [6.07, 6.45) is 1.79. The zero-order chi connectivity index (χ0) is 13.9. The standard InChI is InChI=1S/C15H23N3OS/c1-12-13-4-11-20-14(13)2-7-17(12)8-3-15(19)18-9-5-16-6-10-18/h4,11-12,16H,2-3,5-10H2,1H3. The SMILES string of the molecule is CC1c2ccsc2CCN1CCC(=O)N1CCNCC1. The molecule has 0 bridgehead atoms. The lowest BCUT2D eigenvalue weighted by Gasteiger charge is -2.34. The minimum atomic E-state index is 0.315. The van der Waals surface area contributed by atoms with Gasteiger partial charge in [-0.05, 0) is 30.4 Å². The molecule has 1 aromatic heterocycles. The van der Waals surface area contributed by atoms with Crippen molar-refractivity contribution in [2.75, 3.05) is 39.3 Å². The van der Waals surface area contributed by atoms with Crippen molar-refractivity contribution in [3.63, 3.8) is 0 Å². The quantitative estimate of drug-likeness (QED) is 0.917. The van der Waals surface area contributed by atoms with Crippen molar-refractivity contribution in [2.24, 2.45) is 0 Å². The second-order valence-electron chi connectivity index (χ2n) is 5.64. The van der Waals surface area contributed by atoms with Gasteiger partial charge in [-0.25, -0.2) is 0 Å². The fraction of sp³-hybridized carbons (Fsp3) is 0.667. The number of carbonyl (C=O) groups excluding carboxylic acids is 1. The molecule has 4 nitrogen and oxygen atoms in total. The van der Waals surface area contributed by atoms with E-state index in [0.29, 0.717) is 18.4 Å². The van der Waals surface area contributed by atoms with Crippen LogP contribution in [0.1, 0.15) is 29.8 Å². The number of nitrogens with one attached hydrogen (secondary N) is 1. The Hall–Kier alpha value is -0.910. The highest BCUT2D eigenvalue weighted by atomic mass is 32.1. The van der Waals surface area contributed by atoms with Gasteiger partial charge >= 0.3 is 0 Å². The second kappa shape index (κ2) is 6.24. The van der Waals surface area contributed by atoms with E-state index in [2.05, 4.69) is 28.6 Å². The van der Waals surface area contributed by atoms with E-state index >= 15 is 0 Å². The van der Waals surface area contributed by atoms with E-state index in [1.54, 1.807) is 0 Å². The number of thiophene rings is 1. The summed E-state index contributed by atoms with van der Waals surface area (Å²) in [6.45, 7) is 7.84. The summed E-state index contributed by atoms with van der Waals surface area (Å²) in [5.74, 6) is 0.315. The molecule has 1 fully saturated rings. The summed E-state index contributed by atoms with van der Waals surface area (Å²) in [6, 6.07) is 2.70. The maximum Gasteiger partial charge on any atom is 0.223 e. The zero-order valence-electron chi connectivity index (χ0n) is 12.1. The number of nitrogens with zero attached hydrogens (tertiary/aromatic N) is 2. The minimum absolute atomic E-state index is 0.315. The summed E-state index contributed by atoms with van der Waals surface area (Å²) >= 11 is 1.87. The van der Waals surface area contributed by atoms with Crippen molar-refractivity contribution in [1.82, 2.24) is 15.1 Å². The lowest BCUT2D eigenvalue weighted by molar-refractivity contribution is -0.132. The number of amides is 1. The van der Waals surface area contributed by atoms with Crippen LogP contribution < -0.4 is 5.32 Å². The number of rotatable bonds is 3. The van der Waals surface area contributed by atoms with Crippen molar-refractivity contribution in [2.45, 2.75) is 25.8 Å². The number of carbonyl (C=O) groups is 1. The molecule has 0 aromatic carbocycles. The largest absolute Gasteiger partial charge is 0.340 e. The molecule has 20 heavy (non-hydrogen) atoms. The Morgan fingerprint density at radius 1 is 1.40 bits per heavy atom. The Morgan fingerprint density at radius 3 is 3.00 bits per heavy atom. The third-order valence-corrected chi connectivity index (χ3v) is 5.48. The van der Waals surface area contributed by atoms with Crippen LogP contribution in [0.15, 0.2) is 11.4 Å². The predicted octanol–water partition coefficient (Wildman–Crippen LogP) is 1.49. The molecule has 2 aliphatic heterocycles. The molecule has 0 saturated carbocycles. The molecule has 1 atom stereocenters. The maximum atomic E-state index is 12.2. The fourth-order valence-corrected chi connectivity index (χ4v) is 4.14. The first-order valence-electron chi connectivity index (χ1n) is 7.54. The smallest absolute Gasteiger partial charge is 0.223 e. The normalized spacial score (nSPS) is 23.6. The van der Waals surface area contributed by atoms with Gasteiger partial charge in [0.05, 0.1) is 0 Å². The van der Waals surface area contributed by atoms with Gasteiger partial charge in [0.2, 0.25) is 5.91 Å². The van der Waals surface area contributed by atoms with Gasteiger partial charge in [-0.2, -0.15) is 0 Å². The molecule has 1 unspecified atom stereocenters.